The van der Waals surface area contributed by atoms with E-state index in [1.807, 2.05) is 50.1 Å². The molecular formula is C19H24N2O3. The zero-order valence-corrected chi connectivity index (χ0v) is 14.5. The molecule has 1 amide bonds. The number of amides is 1. The molecule has 5 heteroatoms. The van der Waals surface area contributed by atoms with E-state index in [9.17, 15) is 4.79 Å². The molecule has 1 heterocycles. The van der Waals surface area contributed by atoms with Crippen LogP contribution in [0.15, 0.2) is 28.8 Å². The van der Waals surface area contributed by atoms with Gasteiger partial charge in [-0.15, -0.1) is 0 Å². The highest BCUT2D eigenvalue weighted by Gasteiger charge is 2.24. The lowest BCUT2D eigenvalue weighted by molar-refractivity contribution is 0.0734. The van der Waals surface area contributed by atoms with E-state index in [0.717, 1.165) is 29.9 Å². The van der Waals surface area contributed by atoms with Crippen molar-refractivity contribution in [1.82, 2.24) is 10.1 Å². The standard InChI is InChI=1S/C19H24N2O3/c1-13-18(14(2)24-20-13)12-23-17-10-6-7-15(11-17)19(22)21(3)16-8-4-5-9-16/h6-7,10-11,16H,4-5,8-9,12H2,1-3H3. The summed E-state index contributed by atoms with van der Waals surface area (Å²) in [6.45, 7) is 4.15. The summed E-state index contributed by atoms with van der Waals surface area (Å²) in [5, 5.41) is 3.93. The molecule has 0 saturated heterocycles. The quantitative estimate of drug-likeness (QED) is 0.835. The molecule has 1 aliphatic carbocycles. The fourth-order valence-electron chi connectivity index (χ4n) is 3.24. The summed E-state index contributed by atoms with van der Waals surface area (Å²) in [6, 6.07) is 7.75. The molecule has 0 N–H and O–H groups in total. The number of hydrogen-bond acceptors (Lipinski definition) is 4. The second kappa shape index (κ2) is 7.07. The minimum atomic E-state index is 0.0599. The molecule has 3 rings (SSSR count). The van der Waals surface area contributed by atoms with Crippen LogP contribution < -0.4 is 4.74 Å². The Hall–Kier alpha value is -2.30. The van der Waals surface area contributed by atoms with E-state index in [-0.39, 0.29) is 5.91 Å². The number of aryl methyl sites for hydroxylation is 2. The molecule has 0 unspecified atom stereocenters. The highest BCUT2D eigenvalue weighted by Crippen LogP contribution is 2.25. The molecule has 5 nitrogen and oxygen atoms in total. The zero-order chi connectivity index (χ0) is 17.1. The van der Waals surface area contributed by atoms with Crippen molar-refractivity contribution in [2.24, 2.45) is 0 Å². The lowest BCUT2D eigenvalue weighted by Gasteiger charge is -2.24. The average Bonchev–Trinajstić information content (AvgIpc) is 3.23. The molecule has 1 aliphatic rings. The van der Waals surface area contributed by atoms with E-state index < -0.39 is 0 Å². The first-order chi connectivity index (χ1) is 11.6. The van der Waals surface area contributed by atoms with Gasteiger partial charge in [-0.25, -0.2) is 0 Å². The van der Waals surface area contributed by atoms with E-state index in [0.29, 0.717) is 24.0 Å². The number of ether oxygens (including phenoxy) is 1. The highest BCUT2D eigenvalue weighted by atomic mass is 16.5. The van der Waals surface area contributed by atoms with Crippen molar-refractivity contribution in [2.75, 3.05) is 7.05 Å². The molecule has 1 aromatic heterocycles. The Morgan fingerprint density at radius 1 is 1.33 bits per heavy atom. The lowest BCUT2D eigenvalue weighted by atomic mass is 10.1. The Kier molecular flexibility index (Phi) is 4.88. The molecule has 0 aliphatic heterocycles. The maximum absolute atomic E-state index is 12.7. The number of carbonyl (C=O) groups is 1. The van der Waals surface area contributed by atoms with Crippen molar-refractivity contribution in [3.05, 3.63) is 46.8 Å². The van der Waals surface area contributed by atoms with Gasteiger partial charge in [-0.1, -0.05) is 24.1 Å². The van der Waals surface area contributed by atoms with Crippen LogP contribution in [-0.2, 0) is 6.61 Å². The zero-order valence-electron chi connectivity index (χ0n) is 14.5. The molecule has 2 aromatic rings. The largest absolute Gasteiger partial charge is 0.489 e. The van der Waals surface area contributed by atoms with Gasteiger partial charge in [-0.2, -0.15) is 0 Å². The normalized spacial score (nSPS) is 14.8. The highest BCUT2D eigenvalue weighted by molar-refractivity contribution is 5.94. The van der Waals surface area contributed by atoms with Crippen LogP contribution in [0.25, 0.3) is 0 Å². The van der Waals surface area contributed by atoms with Crippen molar-refractivity contribution in [3.8, 4) is 5.75 Å². The van der Waals surface area contributed by atoms with Crippen LogP contribution in [-0.4, -0.2) is 29.1 Å². The van der Waals surface area contributed by atoms with E-state index in [4.69, 9.17) is 9.26 Å². The van der Waals surface area contributed by atoms with E-state index in [1.165, 1.54) is 12.8 Å². The molecule has 0 radical (unpaired) electrons. The van der Waals surface area contributed by atoms with Gasteiger partial charge in [0.25, 0.3) is 5.91 Å². The number of rotatable bonds is 5. The third-order valence-electron chi connectivity index (χ3n) is 4.84. The van der Waals surface area contributed by atoms with Gasteiger partial charge in [0.15, 0.2) is 0 Å². The van der Waals surface area contributed by atoms with Gasteiger partial charge in [0.05, 0.1) is 11.3 Å². The summed E-state index contributed by atoms with van der Waals surface area (Å²) in [4.78, 5) is 14.5. The summed E-state index contributed by atoms with van der Waals surface area (Å²) in [6.07, 6.45) is 4.63. The van der Waals surface area contributed by atoms with Gasteiger partial charge < -0.3 is 14.2 Å². The molecule has 1 aromatic carbocycles. The minimum Gasteiger partial charge on any atom is -0.489 e. The van der Waals surface area contributed by atoms with E-state index in [2.05, 4.69) is 5.16 Å². The second-order valence-electron chi connectivity index (χ2n) is 6.47. The van der Waals surface area contributed by atoms with Gasteiger partial charge >= 0.3 is 0 Å². The first-order valence-electron chi connectivity index (χ1n) is 8.48. The summed E-state index contributed by atoms with van der Waals surface area (Å²) >= 11 is 0. The summed E-state index contributed by atoms with van der Waals surface area (Å²) in [7, 11) is 1.90. The first-order valence-corrected chi connectivity index (χ1v) is 8.48. The van der Waals surface area contributed by atoms with Crippen molar-refractivity contribution in [2.45, 2.75) is 52.2 Å². The molecule has 1 saturated carbocycles. The molecule has 128 valence electrons. The van der Waals surface area contributed by atoms with Crippen LogP contribution in [0, 0.1) is 13.8 Å². The monoisotopic (exact) mass is 328 g/mol. The predicted molar refractivity (Wildman–Crippen MR) is 91.1 cm³/mol. The van der Waals surface area contributed by atoms with Crippen molar-refractivity contribution >= 4 is 5.91 Å². The number of benzene rings is 1. The maximum Gasteiger partial charge on any atom is 0.253 e. The SMILES string of the molecule is Cc1noc(C)c1COc1cccc(C(=O)N(C)C2CCCC2)c1. The summed E-state index contributed by atoms with van der Waals surface area (Å²) < 4.78 is 11.0. The van der Waals surface area contributed by atoms with Crippen LogP contribution in [0.2, 0.25) is 0 Å². The predicted octanol–water partition coefficient (Wildman–Crippen LogP) is 3.89. The average molecular weight is 328 g/mol. The number of nitrogens with zero attached hydrogens (tertiary/aromatic N) is 2. The van der Waals surface area contributed by atoms with Gasteiger partial charge in [0.2, 0.25) is 0 Å². The summed E-state index contributed by atoms with van der Waals surface area (Å²) in [5.74, 6) is 1.51. The molecule has 24 heavy (non-hydrogen) atoms. The Morgan fingerprint density at radius 2 is 2.08 bits per heavy atom. The molecular weight excluding hydrogens is 304 g/mol. The van der Waals surface area contributed by atoms with Gasteiger partial charge in [-0.3, -0.25) is 4.79 Å². The molecule has 0 bridgehead atoms. The molecule has 0 atom stereocenters. The van der Waals surface area contributed by atoms with Crippen molar-refractivity contribution in [3.63, 3.8) is 0 Å². The number of carbonyl (C=O) groups excluding carboxylic acids is 1. The van der Waals surface area contributed by atoms with Crippen LogP contribution in [0.4, 0.5) is 0 Å². The second-order valence-corrected chi connectivity index (χ2v) is 6.47. The Bertz CT molecular complexity index is 698. The lowest BCUT2D eigenvalue weighted by Crippen LogP contribution is -2.35. The van der Waals surface area contributed by atoms with Crippen molar-refractivity contribution < 1.29 is 14.1 Å². The Morgan fingerprint density at radius 3 is 2.75 bits per heavy atom. The van der Waals surface area contributed by atoms with Gasteiger partial charge in [0.1, 0.15) is 18.1 Å². The van der Waals surface area contributed by atoms with Gasteiger partial charge in [-0.05, 0) is 44.9 Å². The van der Waals surface area contributed by atoms with Crippen LogP contribution in [0.3, 0.4) is 0 Å². The van der Waals surface area contributed by atoms with Crippen LogP contribution >= 0.6 is 0 Å². The Labute approximate surface area is 142 Å². The Balaban J connectivity index is 1.68. The maximum atomic E-state index is 12.7. The van der Waals surface area contributed by atoms with Crippen molar-refractivity contribution in [1.29, 1.82) is 0 Å². The number of aromatic nitrogens is 1. The summed E-state index contributed by atoms with van der Waals surface area (Å²) in [5.41, 5.74) is 2.45. The smallest absolute Gasteiger partial charge is 0.253 e. The topological polar surface area (TPSA) is 55.6 Å². The fourth-order valence-corrected chi connectivity index (χ4v) is 3.24. The third kappa shape index (κ3) is 3.45. The third-order valence-corrected chi connectivity index (χ3v) is 4.84. The molecule has 1 fully saturated rings. The van der Waals surface area contributed by atoms with E-state index >= 15 is 0 Å². The van der Waals surface area contributed by atoms with Crippen LogP contribution in [0.1, 0.15) is 53.1 Å². The van der Waals surface area contributed by atoms with E-state index in [1.54, 1.807) is 0 Å². The number of hydrogen-bond donors (Lipinski definition) is 0. The molecule has 0 spiro atoms. The first kappa shape index (κ1) is 16.6. The minimum absolute atomic E-state index is 0.0599. The van der Waals surface area contributed by atoms with Crippen LogP contribution in [0.5, 0.6) is 5.75 Å². The fraction of sp³-hybridized carbons (Fsp3) is 0.474. The van der Waals surface area contributed by atoms with Gasteiger partial charge in [0, 0.05) is 18.7 Å².